The smallest absolute Gasteiger partial charge is 0.321 e. The third kappa shape index (κ3) is 10.1. The molecule has 1 unspecified atom stereocenters. The number of amides is 1. The summed E-state index contributed by atoms with van der Waals surface area (Å²) in [6.07, 6.45) is -1.49. The van der Waals surface area contributed by atoms with Crippen molar-refractivity contribution >= 4 is 29.4 Å². The first kappa shape index (κ1) is 21.3. The number of carbonyl (C=O) groups is 3. The third-order valence-corrected chi connectivity index (χ3v) is 3.25. The fraction of sp³-hybridized carbons (Fsp3) is 0.667. The van der Waals surface area contributed by atoms with E-state index in [-0.39, 0.29) is 11.5 Å². The minimum Gasteiger partial charge on any atom is -0.480 e. The third-order valence-electron chi connectivity index (χ3n) is 2.19. The van der Waals surface area contributed by atoms with Gasteiger partial charge in [0, 0.05) is 12.3 Å². The van der Waals surface area contributed by atoms with Gasteiger partial charge in [-0.1, -0.05) is 0 Å². The fourth-order valence-corrected chi connectivity index (χ4v) is 1.94. The van der Waals surface area contributed by atoms with Gasteiger partial charge in [0.05, 0.1) is 5.75 Å². The van der Waals surface area contributed by atoms with Gasteiger partial charge in [0.2, 0.25) is 5.78 Å². The molecule has 0 bridgehead atoms. The van der Waals surface area contributed by atoms with Crippen molar-refractivity contribution < 1.29 is 39.3 Å². The number of nitrogens with two attached hydrogens (primary N) is 1. The molecule has 0 aromatic carbocycles. The molecule has 2 atom stereocenters. The largest absolute Gasteiger partial charge is 0.480 e. The number of Topliss-reactive ketones (excluding diaryl/α,β-unsaturated/α-hetero) is 1. The molecule has 0 saturated heterocycles. The molecule has 14 nitrogen and oxygen atoms in total. The van der Waals surface area contributed by atoms with Gasteiger partial charge in [-0.25, -0.2) is 0 Å². The number of thioether (sulfide) groups is 1. The summed E-state index contributed by atoms with van der Waals surface area (Å²) in [5.41, 5.74) is 5.20. The second-order valence-electron chi connectivity index (χ2n) is 4.06. The van der Waals surface area contributed by atoms with Crippen molar-refractivity contribution in [2.24, 2.45) is 5.73 Å². The minimum absolute atomic E-state index is 0.0991. The standard InChI is InChI=1S/C9H14N4O10S/c10-6(9(16)17)3-24-4-7(14)8(15)11-1-5(23-13(20)21)2-22-12(18)19/h5-6H,1-4,10H2,(H,11,15)(H,16,17)/t5?,6-/m0/s1. The Balaban J connectivity index is 4.24. The number of aliphatic carboxylic acids is 1. The fourth-order valence-electron chi connectivity index (χ4n) is 1.11. The second-order valence-corrected chi connectivity index (χ2v) is 5.09. The lowest BCUT2D eigenvalue weighted by Crippen LogP contribution is -2.41. The van der Waals surface area contributed by atoms with E-state index in [0.717, 1.165) is 11.8 Å². The Morgan fingerprint density at radius 3 is 2.38 bits per heavy atom. The number of carbonyl (C=O) groups excluding carboxylic acids is 2. The Morgan fingerprint density at radius 1 is 1.25 bits per heavy atom. The van der Waals surface area contributed by atoms with Gasteiger partial charge in [-0.2, -0.15) is 11.8 Å². The normalized spacial score (nSPS) is 12.5. The van der Waals surface area contributed by atoms with Crippen LogP contribution < -0.4 is 11.1 Å². The van der Waals surface area contributed by atoms with E-state index in [0.29, 0.717) is 0 Å². The molecule has 136 valence electrons. The van der Waals surface area contributed by atoms with Crippen molar-refractivity contribution in [1.29, 1.82) is 0 Å². The molecular formula is C9H14N4O10S. The van der Waals surface area contributed by atoms with Crippen LogP contribution in [0.4, 0.5) is 0 Å². The molecule has 0 radical (unpaired) electrons. The van der Waals surface area contributed by atoms with Crippen LogP contribution in [0.1, 0.15) is 0 Å². The summed E-state index contributed by atoms with van der Waals surface area (Å²) in [7, 11) is 0. The first-order valence-corrected chi connectivity index (χ1v) is 7.24. The zero-order valence-electron chi connectivity index (χ0n) is 12.0. The van der Waals surface area contributed by atoms with Crippen LogP contribution in [0.3, 0.4) is 0 Å². The number of nitrogens with one attached hydrogen (secondary N) is 1. The second kappa shape index (κ2) is 10.9. The van der Waals surface area contributed by atoms with Crippen LogP contribution in [-0.4, -0.2) is 69.7 Å². The summed E-state index contributed by atoms with van der Waals surface area (Å²) in [5.74, 6) is -3.78. The molecule has 24 heavy (non-hydrogen) atoms. The maximum absolute atomic E-state index is 11.5. The number of hydrogen-bond acceptors (Lipinski definition) is 11. The van der Waals surface area contributed by atoms with E-state index in [9.17, 15) is 34.6 Å². The van der Waals surface area contributed by atoms with Gasteiger partial charge in [0.1, 0.15) is 18.8 Å². The van der Waals surface area contributed by atoms with Crippen LogP contribution in [0.15, 0.2) is 0 Å². The number of rotatable bonds is 13. The van der Waals surface area contributed by atoms with Crippen LogP contribution in [0, 0.1) is 20.2 Å². The molecular weight excluding hydrogens is 356 g/mol. The highest BCUT2D eigenvalue weighted by Crippen LogP contribution is 2.02. The summed E-state index contributed by atoms with van der Waals surface area (Å²) in [6, 6.07) is -1.19. The Hall–Kier alpha value is -2.68. The van der Waals surface area contributed by atoms with E-state index in [1.807, 2.05) is 5.32 Å². The molecule has 0 rings (SSSR count). The molecule has 0 spiro atoms. The van der Waals surface area contributed by atoms with Crippen LogP contribution >= 0.6 is 11.8 Å². The zero-order valence-corrected chi connectivity index (χ0v) is 12.8. The van der Waals surface area contributed by atoms with Crippen molar-refractivity contribution in [2.45, 2.75) is 12.1 Å². The van der Waals surface area contributed by atoms with E-state index in [4.69, 9.17) is 10.8 Å². The molecule has 0 aliphatic heterocycles. The summed E-state index contributed by atoms with van der Waals surface area (Å²) in [4.78, 5) is 61.5. The number of carboxylic acid groups (broad SMARTS) is 1. The van der Waals surface area contributed by atoms with E-state index >= 15 is 0 Å². The molecule has 0 heterocycles. The Bertz CT molecular complexity index is 501. The first-order valence-electron chi connectivity index (χ1n) is 6.09. The molecule has 0 aromatic heterocycles. The minimum atomic E-state index is -1.49. The van der Waals surface area contributed by atoms with E-state index < -0.39 is 53.1 Å². The van der Waals surface area contributed by atoms with Gasteiger partial charge in [0.15, 0.2) is 0 Å². The summed E-state index contributed by atoms with van der Waals surface area (Å²) in [6.45, 7) is -1.41. The van der Waals surface area contributed by atoms with Gasteiger partial charge < -0.3 is 25.8 Å². The highest BCUT2D eigenvalue weighted by molar-refractivity contribution is 8.00. The van der Waals surface area contributed by atoms with E-state index in [1.165, 1.54) is 0 Å². The Labute approximate surface area is 137 Å². The van der Waals surface area contributed by atoms with Crippen molar-refractivity contribution in [3.05, 3.63) is 20.2 Å². The van der Waals surface area contributed by atoms with Gasteiger partial charge >= 0.3 is 5.97 Å². The summed E-state index contributed by atoms with van der Waals surface area (Å²) in [5, 5.41) is 28.3. The predicted molar refractivity (Wildman–Crippen MR) is 75.8 cm³/mol. The highest BCUT2D eigenvalue weighted by atomic mass is 32.2. The van der Waals surface area contributed by atoms with Crippen molar-refractivity contribution in [1.82, 2.24) is 5.32 Å². The van der Waals surface area contributed by atoms with Crippen LogP contribution in [0.5, 0.6) is 0 Å². The average Bonchev–Trinajstić information content (AvgIpc) is 2.48. The highest BCUT2D eigenvalue weighted by Gasteiger charge is 2.20. The van der Waals surface area contributed by atoms with Gasteiger partial charge in [-0.05, 0) is 0 Å². The number of nitrogens with zero attached hydrogens (tertiary/aromatic N) is 2. The Kier molecular flexibility index (Phi) is 9.73. The zero-order chi connectivity index (χ0) is 18.7. The van der Waals surface area contributed by atoms with E-state index in [1.54, 1.807) is 0 Å². The number of hydrogen-bond donors (Lipinski definition) is 3. The van der Waals surface area contributed by atoms with Crippen molar-refractivity contribution in [3.63, 3.8) is 0 Å². The average molecular weight is 370 g/mol. The van der Waals surface area contributed by atoms with Crippen LogP contribution in [-0.2, 0) is 24.1 Å². The Morgan fingerprint density at radius 2 is 1.88 bits per heavy atom. The predicted octanol–water partition coefficient (Wildman–Crippen LogP) is -2.40. The van der Waals surface area contributed by atoms with Gasteiger partial charge in [-0.3, -0.25) is 14.4 Å². The lowest BCUT2D eigenvalue weighted by atomic mass is 10.3. The monoisotopic (exact) mass is 370 g/mol. The molecule has 0 aliphatic carbocycles. The molecule has 1 amide bonds. The van der Waals surface area contributed by atoms with Gasteiger partial charge in [-0.15, -0.1) is 20.2 Å². The maximum atomic E-state index is 11.5. The first-order chi connectivity index (χ1) is 11.1. The molecule has 15 heteroatoms. The van der Waals surface area contributed by atoms with Crippen molar-refractivity contribution in [2.75, 3.05) is 24.7 Å². The SMILES string of the molecule is N[C@@H](CSCC(=O)C(=O)NCC(CO[N+](=O)[O-])O[N+](=O)[O-])C(=O)O. The topological polar surface area (TPSA) is 214 Å². The maximum Gasteiger partial charge on any atom is 0.321 e. The molecule has 0 fully saturated rings. The molecule has 4 N–H and O–H groups in total. The summed E-state index contributed by atoms with van der Waals surface area (Å²) < 4.78 is 0. The van der Waals surface area contributed by atoms with Gasteiger partial charge in [0.25, 0.3) is 16.1 Å². The molecule has 0 saturated carbocycles. The summed E-state index contributed by atoms with van der Waals surface area (Å²) >= 11 is 0.816. The quantitative estimate of drug-likeness (QED) is 0.176. The van der Waals surface area contributed by atoms with Crippen LogP contribution in [0.25, 0.3) is 0 Å². The molecule has 0 aromatic rings. The lowest BCUT2D eigenvalue weighted by Gasteiger charge is -2.14. The molecule has 0 aliphatic rings. The number of ketones is 1. The van der Waals surface area contributed by atoms with Crippen molar-refractivity contribution in [3.8, 4) is 0 Å². The number of carboxylic acids is 1. The van der Waals surface area contributed by atoms with E-state index in [2.05, 4.69) is 9.68 Å². The van der Waals surface area contributed by atoms with Crippen LogP contribution in [0.2, 0.25) is 0 Å². The lowest BCUT2D eigenvalue weighted by molar-refractivity contribution is -0.789.